The van der Waals surface area contributed by atoms with E-state index >= 15 is 0 Å². The second kappa shape index (κ2) is 9.23. The monoisotopic (exact) mass is 485 g/mol. The number of hydrogen-bond donors (Lipinski definition) is 1. The molecule has 5 rings (SSSR count). The van der Waals surface area contributed by atoms with Crippen LogP contribution in [0.3, 0.4) is 0 Å². The predicted octanol–water partition coefficient (Wildman–Crippen LogP) is 4.58. The van der Waals surface area contributed by atoms with Gasteiger partial charge in [0.1, 0.15) is 17.0 Å². The Labute approximate surface area is 204 Å². The molecule has 1 amide bonds. The Morgan fingerprint density at radius 2 is 1.77 bits per heavy atom. The van der Waals surface area contributed by atoms with E-state index < -0.39 is 11.2 Å². The first kappa shape index (κ1) is 22.6. The van der Waals surface area contributed by atoms with Crippen molar-refractivity contribution in [3.8, 4) is 11.4 Å². The van der Waals surface area contributed by atoms with Gasteiger partial charge in [-0.1, -0.05) is 49.4 Å². The first-order chi connectivity index (χ1) is 17.0. The highest BCUT2D eigenvalue weighted by Gasteiger charge is 2.21. The van der Waals surface area contributed by atoms with Crippen molar-refractivity contribution in [2.75, 3.05) is 12.4 Å². The summed E-state index contributed by atoms with van der Waals surface area (Å²) in [6, 6.07) is 21.8. The molecule has 0 spiro atoms. The maximum Gasteiger partial charge on any atom is 0.336 e. The Morgan fingerprint density at radius 1 is 1.00 bits per heavy atom. The average molecular weight is 486 g/mol. The van der Waals surface area contributed by atoms with E-state index in [9.17, 15) is 14.4 Å². The third kappa shape index (κ3) is 4.02. The lowest BCUT2D eigenvalue weighted by Crippen LogP contribution is -2.40. The van der Waals surface area contributed by atoms with Crippen LogP contribution >= 0.6 is 11.3 Å². The number of nitrogens with zero attached hydrogens (tertiary/aromatic N) is 2. The number of rotatable bonds is 6. The smallest absolute Gasteiger partial charge is 0.336 e. The van der Waals surface area contributed by atoms with Gasteiger partial charge in [0.05, 0.1) is 18.3 Å². The lowest BCUT2D eigenvalue weighted by Gasteiger charge is -2.14. The molecule has 176 valence electrons. The molecule has 0 atom stereocenters. The number of anilines is 1. The summed E-state index contributed by atoms with van der Waals surface area (Å²) in [6.07, 6.45) is 0.760. The van der Waals surface area contributed by atoms with E-state index in [0.29, 0.717) is 27.3 Å². The molecule has 1 N–H and O–H groups in total. The molecule has 0 fully saturated rings. The molecule has 35 heavy (non-hydrogen) atoms. The van der Waals surface area contributed by atoms with Crippen molar-refractivity contribution in [1.29, 1.82) is 0 Å². The fourth-order valence-electron chi connectivity index (χ4n) is 4.26. The second-order valence-corrected chi connectivity index (χ2v) is 9.10. The Morgan fingerprint density at radius 3 is 2.57 bits per heavy atom. The van der Waals surface area contributed by atoms with Crippen LogP contribution in [-0.4, -0.2) is 22.2 Å². The van der Waals surface area contributed by atoms with Gasteiger partial charge in [-0.3, -0.25) is 14.2 Å². The first-order valence-corrected chi connectivity index (χ1v) is 12.0. The summed E-state index contributed by atoms with van der Waals surface area (Å²) in [5, 5.41) is 3.70. The SMILES string of the molecule is CCc1ccccc1NC(=O)Cn1c(=O)n(-c2cccc(OC)c2)c(=O)c2sc3ccccc3c21. The van der Waals surface area contributed by atoms with E-state index in [0.717, 1.165) is 26.6 Å². The quantitative estimate of drug-likeness (QED) is 0.382. The number of carbonyl (C=O) groups excluding carboxylic acids is 1. The number of aromatic nitrogens is 2. The molecule has 0 saturated carbocycles. The molecule has 0 saturated heterocycles. The zero-order valence-electron chi connectivity index (χ0n) is 19.3. The van der Waals surface area contributed by atoms with Gasteiger partial charge >= 0.3 is 5.69 Å². The molecule has 0 aliphatic heterocycles. The first-order valence-electron chi connectivity index (χ1n) is 11.2. The van der Waals surface area contributed by atoms with E-state index in [4.69, 9.17) is 4.74 Å². The molecule has 0 aliphatic rings. The van der Waals surface area contributed by atoms with Crippen LogP contribution in [0.2, 0.25) is 0 Å². The highest BCUT2D eigenvalue weighted by Crippen LogP contribution is 2.31. The number of methoxy groups -OCH3 is 1. The average Bonchev–Trinajstić information content (AvgIpc) is 3.27. The number of nitrogens with one attached hydrogen (secondary N) is 1. The highest BCUT2D eigenvalue weighted by molar-refractivity contribution is 7.25. The number of carbonyl (C=O) groups is 1. The highest BCUT2D eigenvalue weighted by atomic mass is 32.1. The van der Waals surface area contributed by atoms with Gasteiger partial charge in [0, 0.05) is 21.8 Å². The van der Waals surface area contributed by atoms with Crippen molar-refractivity contribution in [2.45, 2.75) is 19.9 Å². The van der Waals surface area contributed by atoms with Crippen LogP contribution in [0.25, 0.3) is 26.0 Å². The Hall–Kier alpha value is -4.17. The largest absolute Gasteiger partial charge is 0.497 e. The van der Waals surface area contributed by atoms with Crippen molar-refractivity contribution < 1.29 is 9.53 Å². The van der Waals surface area contributed by atoms with Gasteiger partial charge < -0.3 is 10.1 Å². The summed E-state index contributed by atoms with van der Waals surface area (Å²) < 4.78 is 9.06. The molecule has 0 aliphatic carbocycles. The number of thiophene rings is 1. The molecule has 3 aromatic carbocycles. The number of benzene rings is 3. The summed E-state index contributed by atoms with van der Waals surface area (Å²) in [7, 11) is 1.52. The van der Waals surface area contributed by atoms with Crippen LogP contribution in [0.5, 0.6) is 5.75 Å². The van der Waals surface area contributed by atoms with Crippen molar-refractivity contribution in [3.63, 3.8) is 0 Å². The standard InChI is InChI=1S/C27H23N3O4S/c1-3-17-9-4-6-13-21(17)28-23(31)16-29-24-20-12-5-7-14-22(20)35-25(24)26(32)30(27(29)33)18-10-8-11-19(15-18)34-2/h4-15H,3,16H2,1-2H3,(H,28,31). The molecule has 2 aromatic heterocycles. The maximum absolute atomic E-state index is 13.8. The van der Waals surface area contributed by atoms with Crippen LogP contribution in [0, 0.1) is 0 Å². The molecular weight excluding hydrogens is 462 g/mol. The summed E-state index contributed by atoms with van der Waals surface area (Å²) in [5.41, 5.74) is 1.55. The number of ether oxygens (including phenoxy) is 1. The normalized spacial score (nSPS) is 11.1. The van der Waals surface area contributed by atoms with Crippen LogP contribution < -0.4 is 21.3 Å². The van der Waals surface area contributed by atoms with E-state index in [2.05, 4.69) is 5.32 Å². The minimum atomic E-state index is -0.585. The third-order valence-electron chi connectivity index (χ3n) is 5.94. The van der Waals surface area contributed by atoms with Gasteiger partial charge in [0.15, 0.2) is 0 Å². The molecule has 7 nitrogen and oxygen atoms in total. The Kier molecular flexibility index (Phi) is 5.96. The number of fused-ring (bicyclic) bond motifs is 3. The van der Waals surface area contributed by atoms with Crippen molar-refractivity contribution in [1.82, 2.24) is 9.13 Å². The lowest BCUT2D eigenvalue weighted by molar-refractivity contribution is -0.116. The second-order valence-electron chi connectivity index (χ2n) is 8.05. The molecular formula is C27H23N3O4S. The van der Waals surface area contributed by atoms with Crippen molar-refractivity contribution in [3.05, 3.63) is 99.2 Å². The molecule has 0 unspecified atom stereocenters. The number of amides is 1. The van der Waals surface area contributed by atoms with Crippen LogP contribution in [0.4, 0.5) is 5.69 Å². The summed E-state index contributed by atoms with van der Waals surface area (Å²) in [4.78, 5) is 40.5. The molecule has 2 heterocycles. The van der Waals surface area contributed by atoms with E-state index in [-0.39, 0.29) is 12.5 Å². The lowest BCUT2D eigenvalue weighted by atomic mass is 10.1. The molecule has 8 heteroatoms. The van der Waals surface area contributed by atoms with Gasteiger partial charge in [0.2, 0.25) is 5.91 Å². The Bertz CT molecular complexity index is 1700. The van der Waals surface area contributed by atoms with Crippen LogP contribution in [-0.2, 0) is 17.8 Å². The minimum absolute atomic E-state index is 0.238. The Balaban J connectivity index is 1.71. The predicted molar refractivity (Wildman–Crippen MR) is 140 cm³/mol. The van der Waals surface area contributed by atoms with E-state index in [1.807, 2.05) is 55.5 Å². The fraction of sp³-hybridized carbons (Fsp3) is 0.148. The number of hydrogen-bond acceptors (Lipinski definition) is 5. The van der Waals surface area contributed by atoms with E-state index in [1.54, 1.807) is 24.3 Å². The number of para-hydroxylation sites is 1. The minimum Gasteiger partial charge on any atom is -0.497 e. The number of aryl methyl sites for hydroxylation is 1. The maximum atomic E-state index is 13.8. The van der Waals surface area contributed by atoms with Gasteiger partial charge in [-0.2, -0.15) is 0 Å². The van der Waals surface area contributed by atoms with Gasteiger partial charge in [-0.05, 0) is 36.2 Å². The van der Waals surface area contributed by atoms with Crippen LogP contribution in [0.1, 0.15) is 12.5 Å². The van der Waals surface area contributed by atoms with Crippen molar-refractivity contribution >= 4 is 43.2 Å². The molecule has 0 radical (unpaired) electrons. The van der Waals surface area contributed by atoms with Gasteiger partial charge in [-0.15, -0.1) is 11.3 Å². The van der Waals surface area contributed by atoms with Crippen LogP contribution in [0.15, 0.2) is 82.4 Å². The summed E-state index contributed by atoms with van der Waals surface area (Å²) in [5.74, 6) is 0.172. The molecule has 0 bridgehead atoms. The van der Waals surface area contributed by atoms with Gasteiger partial charge in [-0.25, -0.2) is 9.36 Å². The van der Waals surface area contributed by atoms with Gasteiger partial charge in [0.25, 0.3) is 5.56 Å². The third-order valence-corrected chi connectivity index (χ3v) is 7.09. The molecule has 5 aromatic rings. The summed E-state index contributed by atoms with van der Waals surface area (Å²) in [6.45, 7) is 1.78. The zero-order valence-corrected chi connectivity index (χ0v) is 20.1. The summed E-state index contributed by atoms with van der Waals surface area (Å²) >= 11 is 1.31. The van der Waals surface area contributed by atoms with Crippen molar-refractivity contribution in [2.24, 2.45) is 0 Å². The zero-order chi connectivity index (χ0) is 24.5. The topological polar surface area (TPSA) is 82.3 Å². The fourth-order valence-corrected chi connectivity index (χ4v) is 5.39. The van der Waals surface area contributed by atoms with E-state index in [1.165, 1.54) is 23.0 Å².